The van der Waals surface area contributed by atoms with Crippen molar-refractivity contribution in [2.75, 3.05) is 13.1 Å². The number of piperidine rings is 1. The highest BCUT2D eigenvalue weighted by molar-refractivity contribution is 6.09. The van der Waals surface area contributed by atoms with E-state index in [2.05, 4.69) is 32.3 Å². The first-order valence-corrected chi connectivity index (χ1v) is 10.2. The number of rotatable bonds is 4. The van der Waals surface area contributed by atoms with Gasteiger partial charge in [-0.15, -0.1) is 0 Å². The molecule has 5 nitrogen and oxygen atoms in total. The van der Waals surface area contributed by atoms with Gasteiger partial charge < -0.3 is 4.57 Å². The van der Waals surface area contributed by atoms with Crippen molar-refractivity contribution in [3.05, 3.63) is 64.8 Å². The fourth-order valence-electron chi connectivity index (χ4n) is 4.38. The summed E-state index contributed by atoms with van der Waals surface area (Å²) in [6.07, 6.45) is 5.38. The number of ketones is 1. The Hall–Kier alpha value is -2.97. The van der Waals surface area contributed by atoms with Crippen molar-refractivity contribution < 1.29 is 4.79 Å². The number of benzene rings is 1. The average molecular weight is 386 g/mol. The molecule has 0 radical (unpaired) electrons. The number of aryl methyl sites for hydroxylation is 1. The summed E-state index contributed by atoms with van der Waals surface area (Å²) in [5.74, 6) is 0.133. The van der Waals surface area contributed by atoms with E-state index in [0.29, 0.717) is 23.8 Å². The molecule has 0 N–H and O–H groups in total. The lowest BCUT2D eigenvalue weighted by molar-refractivity contribution is 0.0861. The number of hydrogen-bond acceptors (Lipinski definition) is 3. The lowest BCUT2D eigenvalue weighted by atomic mass is 10.0. The average Bonchev–Trinajstić information content (AvgIpc) is 3.01. The lowest BCUT2D eigenvalue weighted by Crippen LogP contribution is -2.40. The summed E-state index contributed by atoms with van der Waals surface area (Å²) < 4.78 is 2.09. The summed E-state index contributed by atoms with van der Waals surface area (Å²) in [5.41, 5.74) is 5.92. The van der Waals surface area contributed by atoms with Gasteiger partial charge >= 0.3 is 0 Å². The molecule has 0 unspecified atom stereocenters. The Balaban J connectivity index is 1.81. The Morgan fingerprint density at radius 2 is 2.00 bits per heavy atom. The largest absolute Gasteiger partial charge is 0.312 e. The molecule has 5 heteroatoms. The van der Waals surface area contributed by atoms with Crippen LogP contribution in [-0.2, 0) is 0 Å². The van der Waals surface area contributed by atoms with Crippen LogP contribution >= 0.6 is 0 Å². The summed E-state index contributed by atoms with van der Waals surface area (Å²) >= 11 is 0. The van der Waals surface area contributed by atoms with E-state index >= 15 is 0 Å². The molecule has 1 saturated heterocycles. The first-order chi connectivity index (χ1) is 14.0. The van der Waals surface area contributed by atoms with Crippen molar-refractivity contribution in [3.63, 3.8) is 0 Å². The molecular weight excluding hydrogens is 360 g/mol. The topological polar surface area (TPSA) is 42.5 Å². The minimum absolute atomic E-state index is 0.133. The van der Waals surface area contributed by atoms with E-state index in [4.69, 9.17) is 6.57 Å². The van der Waals surface area contributed by atoms with Gasteiger partial charge in [0.05, 0.1) is 29.7 Å². The molecule has 1 fully saturated rings. The van der Waals surface area contributed by atoms with Gasteiger partial charge in [0.2, 0.25) is 0 Å². The number of likely N-dealkylation sites (tertiary alicyclic amines) is 1. The van der Waals surface area contributed by atoms with Crippen molar-refractivity contribution in [1.29, 1.82) is 0 Å². The second-order valence-electron chi connectivity index (χ2n) is 8.04. The van der Waals surface area contributed by atoms with Crippen molar-refractivity contribution in [1.82, 2.24) is 14.5 Å². The Morgan fingerprint density at radius 3 is 2.69 bits per heavy atom. The number of fused-ring (bicyclic) bond motifs is 1. The molecule has 0 bridgehead atoms. The van der Waals surface area contributed by atoms with Gasteiger partial charge in [0.25, 0.3) is 0 Å². The number of hydrogen-bond donors (Lipinski definition) is 0. The third-order valence-electron chi connectivity index (χ3n) is 5.98. The molecule has 3 aromatic rings. The van der Waals surface area contributed by atoms with E-state index in [-0.39, 0.29) is 5.78 Å². The standard InChI is InChI=1S/C24H26N4O/c1-16-13-21-24(26-14-16)23(22(29)15-27-12-6-5-7-17(27)2)18(3)28(21)20-10-8-19(25-4)9-11-20/h8-11,13-14,17H,5-7,12,15H2,1-3H3/t17-/m1/s1. The van der Waals surface area contributed by atoms with E-state index < -0.39 is 0 Å². The van der Waals surface area contributed by atoms with Gasteiger partial charge in [0.15, 0.2) is 11.5 Å². The van der Waals surface area contributed by atoms with Gasteiger partial charge in [-0.25, -0.2) is 4.85 Å². The molecule has 29 heavy (non-hydrogen) atoms. The number of Topliss-reactive ketones (excluding diaryl/α,β-unsaturated/α-hetero) is 1. The Morgan fingerprint density at radius 1 is 1.24 bits per heavy atom. The van der Waals surface area contributed by atoms with Crippen molar-refractivity contribution in [2.45, 2.75) is 46.1 Å². The molecule has 1 aliphatic rings. The minimum Gasteiger partial charge on any atom is -0.312 e. The maximum Gasteiger partial charge on any atom is 0.187 e. The molecule has 2 aromatic heterocycles. The molecule has 1 atom stereocenters. The van der Waals surface area contributed by atoms with Gasteiger partial charge in [0.1, 0.15) is 0 Å². The Kier molecular flexibility index (Phi) is 5.21. The summed E-state index contributed by atoms with van der Waals surface area (Å²) in [6.45, 7) is 14.8. The maximum absolute atomic E-state index is 13.4. The third-order valence-corrected chi connectivity index (χ3v) is 5.98. The highest BCUT2D eigenvalue weighted by Crippen LogP contribution is 2.30. The minimum atomic E-state index is 0.133. The Bertz CT molecular complexity index is 1100. The summed E-state index contributed by atoms with van der Waals surface area (Å²) in [6, 6.07) is 10.0. The monoisotopic (exact) mass is 386 g/mol. The molecule has 0 spiro atoms. The van der Waals surface area contributed by atoms with E-state index in [1.807, 2.05) is 44.3 Å². The van der Waals surface area contributed by atoms with Crippen molar-refractivity contribution in [2.24, 2.45) is 0 Å². The zero-order valence-electron chi connectivity index (χ0n) is 17.3. The van der Waals surface area contributed by atoms with Gasteiger partial charge in [-0.1, -0.05) is 18.6 Å². The first kappa shape index (κ1) is 19.4. The highest BCUT2D eigenvalue weighted by atomic mass is 16.1. The van der Waals surface area contributed by atoms with E-state index in [1.54, 1.807) is 0 Å². The van der Waals surface area contributed by atoms with Crippen LogP contribution in [0, 0.1) is 20.4 Å². The molecule has 1 aromatic carbocycles. The number of pyridine rings is 1. The van der Waals surface area contributed by atoms with Crippen LogP contribution in [-0.4, -0.2) is 39.4 Å². The van der Waals surface area contributed by atoms with Crippen LogP contribution in [0.2, 0.25) is 0 Å². The molecule has 4 rings (SSSR count). The Labute approximate surface area is 171 Å². The third kappa shape index (κ3) is 3.56. The zero-order valence-corrected chi connectivity index (χ0v) is 17.3. The van der Waals surface area contributed by atoms with Crippen molar-refractivity contribution >= 4 is 22.5 Å². The van der Waals surface area contributed by atoms with Crippen LogP contribution in [0.1, 0.15) is 47.8 Å². The molecule has 0 saturated carbocycles. The number of aromatic nitrogens is 2. The summed E-state index contributed by atoms with van der Waals surface area (Å²) in [7, 11) is 0. The van der Waals surface area contributed by atoms with E-state index in [0.717, 1.165) is 47.4 Å². The number of carbonyl (C=O) groups excluding carboxylic acids is 1. The lowest BCUT2D eigenvalue weighted by Gasteiger charge is -2.32. The van der Waals surface area contributed by atoms with Crippen LogP contribution in [0.3, 0.4) is 0 Å². The summed E-state index contributed by atoms with van der Waals surface area (Å²) in [5, 5.41) is 0. The van der Waals surface area contributed by atoms with Crippen LogP contribution in [0.4, 0.5) is 5.69 Å². The van der Waals surface area contributed by atoms with Gasteiger partial charge in [-0.3, -0.25) is 14.7 Å². The van der Waals surface area contributed by atoms with Crippen LogP contribution in [0.15, 0.2) is 36.5 Å². The smallest absolute Gasteiger partial charge is 0.187 e. The van der Waals surface area contributed by atoms with Crippen molar-refractivity contribution in [3.8, 4) is 5.69 Å². The second kappa shape index (κ2) is 7.81. The van der Waals surface area contributed by atoms with E-state index in [1.165, 1.54) is 6.42 Å². The molecular formula is C24H26N4O. The van der Waals surface area contributed by atoms with Crippen LogP contribution in [0.5, 0.6) is 0 Å². The fourth-order valence-corrected chi connectivity index (χ4v) is 4.38. The van der Waals surface area contributed by atoms with Gasteiger partial charge in [-0.2, -0.15) is 0 Å². The highest BCUT2D eigenvalue weighted by Gasteiger charge is 2.26. The maximum atomic E-state index is 13.4. The predicted octanol–water partition coefficient (Wildman–Crippen LogP) is 5.25. The number of carbonyl (C=O) groups is 1. The zero-order chi connectivity index (χ0) is 20.5. The second-order valence-corrected chi connectivity index (χ2v) is 8.04. The predicted molar refractivity (Wildman–Crippen MR) is 116 cm³/mol. The quantitative estimate of drug-likeness (QED) is 0.454. The molecule has 0 aliphatic carbocycles. The van der Waals surface area contributed by atoms with Gasteiger partial charge in [0, 0.05) is 23.6 Å². The van der Waals surface area contributed by atoms with Crippen LogP contribution < -0.4 is 0 Å². The molecule has 3 heterocycles. The SMILES string of the molecule is [C-]#[N+]c1ccc(-n2c(C)c(C(=O)CN3CCCC[C@H]3C)c3ncc(C)cc32)cc1. The van der Waals surface area contributed by atoms with Crippen LogP contribution in [0.25, 0.3) is 21.6 Å². The number of nitrogens with zero attached hydrogens (tertiary/aromatic N) is 4. The fraction of sp³-hybridized carbons (Fsp3) is 0.375. The van der Waals surface area contributed by atoms with Gasteiger partial charge in [-0.05, 0) is 63.9 Å². The normalized spacial score (nSPS) is 17.4. The summed E-state index contributed by atoms with van der Waals surface area (Å²) in [4.78, 5) is 23.8. The molecule has 1 aliphatic heterocycles. The first-order valence-electron chi connectivity index (χ1n) is 10.2. The van der Waals surface area contributed by atoms with E-state index in [9.17, 15) is 4.79 Å². The molecule has 148 valence electrons. The molecule has 0 amide bonds.